The van der Waals surface area contributed by atoms with E-state index in [1.807, 2.05) is 13.8 Å². The molecule has 0 saturated heterocycles. The summed E-state index contributed by atoms with van der Waals surface area (Å²) in [5.41, 5.74) is -0.389. The molecule has 0 aliphatic carbocycles. The Labute approximate surface area is 122 Å². The number of aliphatic hydroxyl groups is 2. The van der Waals surface area contributed by atoms with Gasteiger partial charge in [-0.05, 0) is 29.5 Å². The van der Waals surface area contributed by atoms with Crippen molar-refractivity contribution in [2.75, 3.05) is 19.7 Å². The minimum absolute atomic E-state index is 0.0934. The van der Waals surface area contributed by atoms with Crippen LogP contribution >= 0.6 is 0 Å². The molecular formula is C15H22F3NO2. The molecule has 0 spiro atoms. The molecule has 1 atom stereocenters. The van der Waals surface area contributed by atoms with Crippen LogP contribution in [0.25, 0.3) is 0 Å². The van der Waals surface area contributed by atoms with Crippen molar-refractivity contribution in [3.05, 3.63) is 35.4 Å². The quantitative estimate of drug-likeness (QED) is 0.726. The van der Waals surface area contributed by atoms with Crippen molar-refractivity contribution in [1.29, 1.82) is 0 Å². The zero-order valence-corrected chi connectivity index (χ0v) is 12.2. The van der Waals surface area contributed by atoms with Gasteiger partial charge in [0.25, 0.3) is 0 Å². The molecule has 1 rings (SSSR count). The maximum absolute atomic E-state index is 12.4. The van der Waals surface area contributed by atoms with E-state index < -0.39 is 17.8 Å². The van der Waals surface area contributed by atoms with Gasteiger partial charge in [-0.1, -0.05) is 26.0 Å². The van der Waals surface area contributed by atoms with Gasteiger partial charge >= 0.3 is 6.18 Å². The van der Waals surface area contributed by atoms with Gasteiger partial charge in [-0.25, -0.2) is 0 Å². The number of alkyl halides is 3. The molecule has 0 amide bonds. The Morgan fingerprint density at radius 2 is 1.71 bits per heavy atom. The van der Waals surface area contributed by atoms with Gasteiger partial charge in [0.05, 0.1) is 11.7 Å². The van der Waals surface area contributed by atoms with E-state index in [0.29, 0.717) is 18.5 Å². The van der Waals surface area contributed by atoms with E-state index >= 15 is 0 Å². The first kappa shape index (κ1) is 17.9. The summed E-state index contributed by atoms with van der Waals surface area (Å²) in [4.78, 5) is 0. The van der Waals surface area contributed by atoms with Crippen LogP contribution in [0.3, 0.4) is 0 Å². The van der Waals surface area contributed by atoms with Crippen molar-refractivity contribution in [3.8, 4) is 0 Å². The Hall–Kier alpha value is -1.11. The SMILES string of the molecule is CC(C)(CCO)CNCC(O)c1ccc(C(F)(F)F)cc1. The number of hydrogen-bond acceptors (Lipinski definition) is 3. The summed E-state index contributed by atoms with van der Waals surface area (Å²) in [6.45, 7) is 4.92. The maximum Gasteiger partial charge on any atom is 0.416 e. The number of benzene rings is 1. The summed E-state index contributed by atoms with van der Waals surface area (Å²) in [6, 6.07) is 4.50. The Bertz CT molecular complexity index is 430. The van der Waals surface area contributed by atoms with Crippen LogP contribution in [0.4, 0.5) is 13.2 Å². The van der Waals surface area contributed by atoms with Crippen LogP contribution in [-0.2, 0) is 6.18 Å². The zero-order chi connectivity index (χ0) is 16.1. The Balaban J connectivity index is 2.51. The van der Waals surface area contributed by atoms with Crippen molar-refractivity contribution in [2.45, 2.75) is 32.5 Å². The van der Waals surface area contributed by atoms with Gasteiger partial charge in [-0.3, -0.25) is 0 Å². The van der Waals surface area contributed by atoms with Gasteiger partial charge in [0.2, 0.25) is 0 Å². The monoisotopic (exact) mass is 305 g/mol. The highest BCUT2D eigenvalue weighted by atomic mass is 19.4. The Morgan fingerprint density at radius 3 is 2.19 bits per heavy atom. The maximum atomic E-state index is 12.4. The Morgan fingerprint density at radius 1 is 1.14 bits per heavy atom. The zero-order valence-electron chi connectivity index (χ0n) is 12.2. The summed E-state index contributed by atoms with van der Waals surface area (Å²) in [7, 11) is 0. The number of halogens is 3. The van der Waals surface area contributed by atoms with E-state index in [1.54, 1.807) is 0 Å². The van der Waals surface area contributed by atoms with E-state index in [-0.39, 0.29) is 18.6 Å². The third-order valence-electron chi connectivity index (χ3n) is 3.35. The summed E-state index contributed by atoms with van der Waals surface area (Å²) in [5.74, 6) is 0. The van der Waals surface area contributed by atoms with Crippen molar-refractivity contribution in [3.63, 3.8) is 0 Å². The molecule has 3 N–H and O–H groups in total. The van der Waals surface area contributed by atoms with Crippen molar-refractivity contribution in [2.24, 2.45) is 5.41 Å². The number of hydrogen-bond donors (Lipinski definition) is 3. The second-order valence-corrected chi connectivity index (χ2v) is 5.90. The fourth-order valence-electron chi connectivity index (χ4n) is 1.95. The summed E-state index contributed by atoms with van der Waals surface area (Å²) in [6.07, 6.45) is -4.59. The van der Waals surface area contributed by atoms with E-state index in [9.17, 15) is 18.3 Å². The van der Waals surface area contributed by atoms with E-state index in [2.05, 4.69) is 5.32 Å². The highest BCUT2D eigenvalue weighted by Gasteiger charge is 2.30. The third kappa shape index (κ3) is 6.03. The normalized spacial score (nSPS) is 14.2. The molecule has 0 aromatic heterocycles. The van der Waals surface area contributed by atoms with Crippen LogP contribution in [-0.4, -0.2) is 29.9 Å². The highest BCUT2D eigenvalue weighted by molar-refractivity contribution is 5.26. The van der Waals surface area contributed by atoms with Crippen LogP contribution in [0.2, 0.25) is 0 Å². The van der Waals surface area contributed by atoms with Crippen LogP contribution < -0.4 is 5.32 Å². The standard InChI is InChI=1S/C15H22F3NO2/c1-14(2,7-8-20)10-19-9-13(21)11-3-5-12(6-4-11)15(16,17)18/h3-6,13,19-21H,7-10H2,1-2H3. The molecule has 0 fully saturated rings. The molecule has 1 aromatic rings. The molecule has 0 radical (unpaired) electrons. The van der Waals surface area contributed by atoms with Crippen molar-refractivity contribution < 1.29 is 23.4 Å². The van der Waals surface area contributed by atoms with Gasteiger partial charge < -0.3 is 15.5 Å². The van der Waals surface area contributed by atoms with Gasteiger partial charge in [0.15, 0.2) is 0 Å². The average Bonchev–Trinajstić information content (AvgIpc) is 2.37. The van der Waals surface area contributed by atoms with Crippen LogP contribution in [0, 0.1) is 5.41 Å². The molecule has 0 heterocycles. The fourth-order valence-corrected chi connectivity index (χ4v) is 1.95. The number of rotatable bonds is 7. The third-order valence-corrected chi connectivity index (χ3v) is 3.35. The van der Waals surface area contributed by atoms with Gasteiger partial charge in [0.1, 0.15) is 0 Å². The average molecular weight is 305 g/mol. The van der Waals surface area contributed by atoms with Gasteiger partial charge in [-0.15, -0.1) is 0 Å². The molecular weight excluding hydrogens is 283 g/mol. The highest BCUT2D eigenvalue weighted by Crippen LogP contribution is 2.29. The lowest BCUT2D eigenvalue weighted by Gasteiger charge is -2.25. The first-order chi connectivity index (χ1) is 9.65. The molecule has 0 aliphatic rings. The predicted octanol–water partition coefficient (Wildman–Crippen LogP) is 2.74. The van der Waals surface area contributed by atoms with Crippen molar-refractivity contribution in [1.82, 2.24) is 5.32 Å². The summed E-state index contributed by atoms with van der Waals surface area (Å²) < 4.78 is 37.3. The van der Waals surface area contributed by atoms with Crippen molar-refractivity contribution >= 4 is 0 Å². The number of nitrogens with one attached hydrogen (secondary N) is 1. The summed E-state index contributed by atoms with van der Waals surface area (Å²) >= 11 is 0. The molecule has 3 nitrogen and oxygen atoms in total. The first-order valence-corrected chi connectivity index (χ1v) is 6.82. The molecule has 21 heavy (non-hydrogen) atoms. The minimum Gasteiger partial charge on any atom is -0.396 e. The summed E-state index contributed by atoms with van der Waals surface area (Å²) in [5, 5.41) is 21.9. The first-order valence-electron chi connectivity index (χ1n) is 6.82. The molecule has 6 heteroatoms. The van der Waals surface area contributed by atoms with Crippen LogP contribution in [0.5, 0.6) is 0 Å². The lowest BCUT2D eigenvalue weighted by molar-refractivity contribution is -0.137. The number of aliphatic hydroxyl groups excluding tert-OH is 2. The lowest BCUT2D eigenvalue weighted by Crippen LogP contribution is -2.33. The van der Waals surface area contributed by atoms with E-state index in [1.165, 1.54) is 12.1 Å². The fraction of sp³-hybridized carbons (Fsp3) is 0.600. The van der Waals surface area contributed by atoms with E-state index in [0.717, 1.165) is 12.1 Å². The lowest BCUT2D eigenvalue weighted by atomic mass is 9.89. The minimum atomic E-state index is -4.37. The second kappa shape index (κ2) is 7.24. The smallest absolute Gasteiger partial charge is 0.396 e. The molecule has 1 unspecified atom stereocenters. The molecule has 0 bridgehead atoms. The van der Waals surface area contributed by atoms with E-state index in [4.69, 9.17) is 5.11 Å². The van der Waals surface area contributed by atoms with Crippen LogP contribution in [0.1, 0.15) is 37.5 Å². The largest absolute Gasteiger partial charge is 0.416 e. The van der Waals surface area contributed by atoms with Gasteiger partial charge in [-0.2, -0.15) is 13.2 Å². The predicted molar refractivity (Wildman–Crippen MR) is 74.8 cm³/mol. The topological polar surface area (TPSA) is 52.5 Å². The molecule has 1 aromatic carbocycles. The second-order valence-electron chi connectivity index (χ2n) is 5.90. The molecule has 0 aliphatic heterocycles. The Kier molecular flexibility index (Phi) is 6.19. The molecule has 120 valence electrons. The van der Waals surface area contributed by atoms with Gasteiger partial charge in [0, 0.05) is 19.7 Å². The van der Waals surface area contributed by atoms with Crippen LogP contribution in [0.15, 0.2) is 24.3 Å². The molecule has 0 saturated carbocycles.